The minimum absolute atomic E-state index is 0.0672. The van der Waals surface area contributed by atoms with E-state index in [4.69, 9.17) is 15.2 Å². The molecule has 0 saturated carbocycles. The second-order valence-electron chi connectivity index (χ2n) is 11.3. The number of carbonyl (C=O) groups excluding carboxylic acids is 2. The molecule has 0 rings (SSSR count). The second kappa shape index (κ2) is 30.4. The fourth-order valence-electron chi connectivity index (χ4n) is 4.87. The molecule has 0 aromatic carbocycles. The van der Waals surface area contributed by atoms with Crippen molar-refractivity contribution in [3.8, 4) is 0 Å². The summed E-state index contributed by atoms with van der Waals surface area (Å²) in [7, 11) is 0. The lowest BCUT2D eigenvalue weighted by Gasteiger charge is -2.16. The lowest BCUT2D eigenvalue weighted by Crippen LogP contribution is -2.32. The van der Waals surface area contributed by atoms with Crippen molar-refractivity contribution >= 4 is 11.9 Å². The van der Waals surface area contributed by atoms with Gasteiger partial charge in [-0.05, 0) is 12.8 Å². The van der Waals surface area contributed by atoms with Crippen LogP contribution in [0.1, 0.15) is 181 Å². The van der Waals surface area contributed by atoms with Gasteiger partial charge < -0.3 is 15.2 Å². The van der Waals surface area contributed by atoms with Crippen LogP contribution in [0.5, 0.6) is 0 Å². The van der Waals surface area contributed by atoms with Crippen molar-refractivity contribution in [2.24, 2.45) is 5.73 Å². The van der Waals surface area contributed by atoms with Crippen LogP contribution in [-0.4, -0.2) is 31.2 Å². The van der Waals surface area contributed by atoms with E-state index in [-0.39, 0.29) is 25.1 Å². The molecule has 38 heavy (non-hydrogen) atoms. The largest absolute Gasteiger partial charge is 0.462 e. The first-order valence-electron chi connectivity index (χ1n) is 16.7. The molecule has 0 aromatic rings. The molecule has 5 nitrogen and oxygen atoms in total. The van der Waals surface area contributed by atoms with Gasteiger partial charge in [-0.15, -0.1) is 0 Å². The Morgan fingerprint density at radius 1 is 0.500 bits per heavy atom. The Bertz CT molecular complexity index is 511. The van der Waals surface area contributed by atoms with Crippen molar-refractivity contribution < 1.29 is 19.1 Å². The molecule has 0 aromatic heterocycles. The van der Waals surface area contributed by atoms with E-state index in [1.165, 1.54) is 128 Å². The first-order chi connectivity index (χ1) is 18.6. The molecule has 0 heterocycles. The maximum Gasteiger partial charge on any atom is 0.306 e. The molecule has 0 radical (unpaired) electrons. The molecule has 0 aliphatic heterocycles. The molecule has 1 unspecified atom stereocenters. The van der Waals surface area contributed by atoms with Crippen LogP contribution in [0.3, 0.4) is 0 Å². The Balaban J connectivity index is 3.54. The predicted octanol–water partition coefficient (Wildman–Crippen LogP) is 9.58. The Labute approximate surface area is 236 Å². The zero-order chi connectivity index (χ0) is 27.9. The summed E-state index contributed by atoms with van der Waals surface area (Å²) in [6.07, 6.45) is 30.7. The molecule has 0 aliphatic rings. The Hall–Kier alpha value is -1.10. The molecule has 0 amide bonds. The van der Waals surface area contributed by atoms with E-state index in [9.17, 15) is 9.59 Å². The third-order valence-corrected chi connectivity index (χ3v) is 7.46. The highest BCUT2D eigenvalue weighted by Crippen LogP contribution is 2.14. The minimum atomic E-state index is -0.536. The predicted molar refractivity (Wildman–Crippen MR) is 161 cm³/mol. The summed E-state index contributed by atoms with van der Waals surface area (Å²) in [5.41, 5.74) is 5.73. The molecule has 5 heteroatoms. The molecule has 226 valence electrons. The Morgan fingerprint density at radius 3 is 1.16 bits per heavy atom. The van der Waals surface area contributed by atoms with E-state index in [2.05, 4.69) is 13.8 Å². The normalized spacial score (nSPS) is 12.0. The van der Waals surface area contributed by atoms with Gasteiger partial charge in [-0.1, -0.05) is 155 Å². The number of unbranched alkanes of at least 4 members (excludes halogenated alkanes) is 22. The standard InChI is InChI=1S/C33H65NO4/c1-3-5-7-9-11-13-15-16-18-20-22-24-26-28-33(36)38-31(29-34)30-37-32(35)27-25-23-21-19-17-14-12-10-8-6-4-2/h31H,3-30,34H2,1-2H3. The third-order valence-electron chi connectivity index (χ3n) is 7.46. The van der Waals surface area contributed by atoms with Crippen LogP contribution in [0.15, 0.2) is 0 Å². The van der Waals surface area contributed by atoms with Crippen molar-refractivity contribution in [1.82, 2.24) is 0 Å². The second-order valence-corrected chi connectivity index (χ2v) is 11.3. The summed E-state index contributed by atoms with van der Waals surface area (Å²) in [6.45, 7) is 4.76. The number of hydrogen-bond acceptors (Lipinski definition) is 5. The molecule has 0 spiro atoms. The van der Waals surface area contributed by atoms with Crippen LogP contribution in [-0.2, 0) is 19.1 Å². The minimum Gasteiger partial charge on any atom is -0.462 e. The molecule has 0 fully saturated rings. The summed E-state index contributed by atoms with van der Waals surface area (Å²) >= 11 is 0. The van der Waals surface area contributed by atoms with E-state index < -0.39 is 6.10 Å². The summed E-state index contributed by atoms with van der Waals surface area (Å²) in [6, 6.07) is 0. The van der Waals surface area contributed by atoms with Crippen molar-refractivity contribution in [3.63, 3.8) is 0 Å². The van der Waals surface area contributed by atoms with Crippen molar-refractivity contribution in [2.45, 2.75) is 187 Å². The summed E-state index contributed by atoms with van der Waals surface area (Å²) in [5.74, 6) is -0.447. The average Bonchev–Trinajstić information content (AvgIpc) is 2.92. The van der Waals surface area contributed by atoms with E-state index in [0.29, 0.717) is 12.8 Å². The van der Waals surface area contributed by atoms with Gasteiger partial charge in [-0.3, -0.25) is 9.59 Å². The lowest BCUT2D eigenvalue weighted by molar-refractivity contribution is -0.158. The van der Waals surface area contributed by atoms with E-state index in [0.717, 1.165) is 25.7 Å². The number of esters is 2. The summed E-state index contributed by atoms with van der Waals surface area (Å²) in [4.78, 5) is 24.1. The maximum atomic E-state index is 12.1. The monoisotopic (exact) mass is 539 g/mol. The van der Waals surface area contributed by atoms with Crippen LogP contribution in [0.25, 0.3) is 0 Å². The quantitative estimate of drug-likeness (QED) is 0.0726. The smallest absolute Gasteiger partial charge is 0.306 e. The maximum absolute atomic E-state index is 12.1. The van der Waals surface area contributed by atoms with Gasteiger partial charge in [0.2, 0.25) is 0 Å². The molecular formula is C33H65NO4. The van der Waals surface area contributed by atoms with Crippen molar-refractivity contribution in [3.05, 3.63) is 0 Å². The highest BCUT2D eigenvalue weighted by Gasteiger charge is 2.15. The molecule has 2 N–H and O–H groups in total. The number of hydrogen-bond donors (Lipinski definition) is 1. The molecule has 0 bridgehead atoms. The Morgan fingerprint density at radius 2 is 0.816 bits per heavy atom. The average molecular weight is 540 g/mol. The highest BCUT2D eigenvalue weighted by molar-refractivity contribution is 5.70. The highest BCUT2D eigenvalue weighted by atomic mass is 16.6. The van der Waals surface area contributed by atoms with E-state index in [1.807, 2.05) is 0 Å². The summed E-state index contributed by atoms with van der Waals surface area (Å²) < 4.78 is 10.7. The third kappa shape index (κ3) is 27.9. The van der Waals surface area contributed by atoms with Gasteiger partial charge in [-0.2, -0.15) is 0 Å². The number of nitrogens with two attached hydrogens (primary N) is 1. The zero-order valence-corrected chi connectivity index (χ0v) is 25.6. The van der Waals surface area contributed by atoms with Crippen LogP contribution in [0, 0.1) is 0 Å². The van der Waals surface area contributed by atoms with Crippen LogP contribution >= 0.6 is 0 Å². The van der Waals surface area contributed by atoms with Crippen LogP contribution < -0.4 is 5.73 Å². The number of carbonyl (C=O) groups is 2. The Kier molecular flexibility index (Phi) is 29.6. The van der Waals surface area contributed by atoms with Gasteiger partial charge in [0.15, 0.2) is 0 Å². The molecule has 1 atom stereocenters. The van der Waals surface area contributed by atoms with Gasteiger partial charge in [0.05, 0.1) is 0 Å². The summed E-state index contributed by atoms with van der Waals surface area (Å²) in [5, 5.41) is 0. The SMILES string of the molecule is CCCCCCCCCCCCCCCC(=O)OC(CN)COC(=O)CCCCCCCCCCCCC. The van der Waals surface area contributed by atoms with Gasteiger partial charge >= 0.3 is 11.9 Å². The molecular weight excluding hydrogens is 474 g/mol. The fraction of sp³-hybridized carbons (Fsp3) is 0.939. The number of ether oxygens (including phenoxy) is 2. The molecule has 0 saturated heterocycles. The zero-order valence-electron chi connectivity index (χ0n) is 25.6. The fourth-order valence-corrected chi connectivity index (χ4v) is 4.87. The van der Waals surface area contributed by atoms with E-state index in [1.54, 1.807) is 0 Å². The van der Waals surface area contributed by atoms with Crippen molar-refractivity contribution in [1.29, 1.82) is 0 Å². The van der Waals surface area contributed by atoms with Crippen LogP contribution in [0.4, 0.5) is 0 Å². The topological polar surface area (TPSA) is 78.6 Å². The number of rotatable bonds is 30. The molecule has 0 aliphatic carbocycles. The van der Waals surface area contributed by atoms with Gasteiger partial charge in [0.25, 0.3) is 0 Å². The van der Waals surface area contributed by atoms with E-state index >= 15 is 0 Å². The first kappa shape index (κ1) is 36.9. The first-order valence-corrected chi connectivity index (χ1v) is 16.7. The van der Waals surface area contributed by atoms with Crippen LogP contribution in [0.2, 0.25) is 0 Å². The van der Waals surface area contributed by atoms with Gasteiger partial charge in [-0.25, -0.2) is 0 Å². The lowest BCUT2D eigenvalue weighted by atomic mass is 10.0. The van der Waals surface area contributed by atoms with Gasteiger partial charge in [0, 0.05) is 19.4 Å². The van der Waals surface area contributed by atoms with Gasteiger partial charge in [0.1, 0.15) is 12.7 Å². The van der Waals surface area contributed by atoms with Crippen molar-refractivity contribution in [2.75, 3.05) is 13.2 Å².